The number of benzene rings is 1. The van der Waals surface area contributed by atoms with Gasteiger partial charge in [-0.25, -0.2) is 0 Å². The topological polar surface area (TPSA) is 54.4 Å². The zero-order valence-electron chi connectivity index (χ0n) is 19.0. The van der Waals surface area contributed by atoms with Gasteiger partial charge in [-0.15, -0.1) is 0 Å². The van der Waals surface area contributed by atoms with Crippen LogP contribution in [0.1, 0.15) is 65.9 Å². The van der Waals surface area contributed by atoms with Crippen LogP contribution >= 0.6 is 0 Å². The third-order valence-corrected chi connectivity index (χ3v) is 8.19. The fourth-order valence-corrected chi connectivity index (χ4v) is 6.71. The van der Waals surface area contributed by atoms with E-state index in [2.05, 4.69) is 32.1 Å². The van der Waals surface area contributed by atoms with E-state index in [1.165, 1.54) is 5.57 Å². The molecular weight excluding hydrogens is 372 g/mol. The summed E-state index contributed by atoms with van der Waals surface area (Å²) in [4.78, 5) is 26.4. The molecular formula is C27H36O3. The molecule has 0 radical (unpaired) electrons. The second-order valence-corrected chi connectivity index (χ2v) is 9.10. The lowest BCUT2D eigenvalue weighted by Gasteiger charge is -2.55. The lowest BCUT2D eigenvalue weighted by atomic mass is 9.46. The highest BCUT2D eigenvalue weighted by Gasteiger charge is 2.67. The molecule has 1 fully saturated rings. The van der Waals surface area contributed by atoms with Crippen LogP contribution in [-0.4, -0.2) is 16.9 Å². The van der Waals surface area contributed by atoms with Gasteiger partial charge in [0.15, 0.2) is 0 Å². The second kappa shape index (κ2) is 8.53. The molecule has 1 aromatic carbocycles. The molecule has 0 aliphatic heterocycles. The first kappa shape index (κ1) is 22.5. The number of Topliss-reactive ketones (excluding diaryl/α,β-unsaturated/α-hetero) is 1. The van der Waals surface area contributed by atoms with Crippen molar-refractivity contribution in [1.29, 1.82) is 0 Å². The minimum Gasteiger partial charge on any atom is -0.481 e. The molecule has 0 spiro atoms. The van der Waals surface area contributed by atoms with Crippen molar-refractivity contribution in [2.24, 2.45) is 34.5 Å². The molecule has 30 heavy (non-hydrogen) atoms. The van der Waals surface area contributed by atoms with Crippen molar-refractivity contribution < 1.29 is 14.7 Å². The maximum Gasteiger partial charge on any atom is 0.311 e. The third kappa shape index (κ3) is 3.09. The maximum atomic E-state index is 13.2. The number of ketones is 1. The molecule has 6 unspecified atom stereocenters. The van der Waals surface area contributed by atoms with Gasteiger partial charge in [-0.3, -0.25) is 9.59 Å². The second-order valence-electron chi connectivity index (χ2n) is 9.10. The molecule has 0 saturated heterocycles. The lowest BCUT2D eigenvalue weighted by Crippen LogP contribution is -2.56. The van der Waals surface area contributed by atoms with E-state index in [4.69, 9.17) is 0 Å². The van der Waals surface area contributed by atoms with Crippen molar-refractivity contribution in [2.75, 3.05) is 0 Å². The first-order chi connectivity index (χ1) is 14.3. The van der Waals surface area contributed by atoms with Crippen molar-refractivity contribution in [3.63, 3.8) is 0 Å². The summed E-state index contributed by atoms with van der Waals surface area (Å²) in [5.41, 5.74) is 0.726. The Morgan fingerprint density at radius 2 is 1.77 bits per heavy atom. The molecule has 2 aliphatic carbocycles. The largest absolute Gasteiger partial charge is 0.481 e. The third-order valence-electron chi connectivity index (χ3n) is 8.19. The predicted octanol–water partition coefficient (Wildman–Crippen LogP) is 6.40. The Morgan fingerprint density at radius 3 is 2.27 bits per heavy atom. The Balaban J connectivity index is 2.30. The van der Waals surface area contributed by atoms with Gasteiger partial charge in [0, 0.05) is 17.3 Å². The molecule has 162 valence electrons. The maximum absolute atomic E-state index is 13.2. The molecule has 0 amide bonds. The Kier molecular flexibility index (Phi) is 6.40. The van der Waals surface area contributed by atoms with E-state index in [9.17, 15) is 14.7 Å². The van der Waals surface area contributed by atoms with Crippen LogP contribution in [-0.2, 0) is 9.59 Å². The molecule has 0 aromatic heterocycles. The van der Waals surface area contributed by atoms with Gasteiger partial charge in [-0.05, 0) is 43.1 Å². The van der Waals surface area contributed by atoms with Crippen LogP contribution in [0.4, 0.5) is 0 Å². The van der Waals surface area contributed by atoms with Gasteiger partial charge in [-0.2, -0.15) is 0 Å². The Hall–Kier alpha value is -2.16. The standard InChI is InChI=1S/C27H36O3/c1-6-20-17-26(8-3,16-15-19-13-11-10-12-14-19)27(9-4,25(29)30)23-21(7-2)24(28)18(5)22(20)23/h10-18,21-23H,6-9H2,1-5H3,(H,29,30). The van der Waals surface area contributed by atoms with Crippen LogP contribution < -0.4 is 0 Å². The number of carboxylic acid groups (broad SMARTS) is 1. The van der Waals surface area contributed by atoms with Crippen LogP contribution in [0.3, 0.4) is 0 Å². The van der Waals surface area contributed by atoms with Crippen molar-refractivity contribution in [3.05, 3.63) is 53.6 Å². The Labute approximate surface area is 181 Å². The minimum absolute atomic E-state index is 0.0355. The molecule has 6 atom stereocenters. The van der Waals surface area contributed by atoms with Gasteiger partial charge >= 0.3 is 5.97 Å². The van der Waals surface area contributed by atoms with Crippen molar-refractivity contribution in [1.82, 2.24) is 0 Å². The van der Waals surface area contributed by atoms with Crippen LogP contribution in [0, 0.1) is 34.5 Å². The van der Waals surface area contributed by atoms with E-state index in [-0.39, 0.29) is 29.5 Å². The summed E-state index contributed by atoms with van der Waals surface area (Å²) in [5.74, 6) is -0.922. The number of allylic oxidation sites excluding steroid dienone is 3. The molecule has 1 aromatic rings. The molecule has 0 bridgehead atoms. The van der Waals surface area contributed by atoms with Crippen LogP contribution in [0.5, 0.6) is 0 Å². The number of hydrogen-bond donors (Lipinski definition) is 1. The quantitative estimate of drug-likeness (QED) is 0.531. The summed E-state index contributed by atoms with van der Waals surface area (Å²) < 4.78 is 0. The van der Waals surface area contributed by atoms with Crippen molar-refractivity contribution in [2.45, 2.75) is 60.3 Å². The van der Waals surface area contributed by atoms with Crippen molar-refractivity contribution in [3.8, 4) is 0 Å². The normalized spacial score (nSPS) is 36.0. The smallest absolute Gasteiger partial charge is 0.311 e. The average Bonchev–Trinajstić information content (AvgIpc) is 3.02. The minimum atomic E-state index is -0.989. The van der Waals surface area contributed by atoms with Gasteiger partial charge < -0.3 is 5.11 Å². The fourth-order valence-electron chi connectivity index (χ4n) is 6.71. The molecule has 1 saturated carbocycles. The average molecular weight is 409 g/mol. The summed E-state index contributed by atoms with van der Waals surface area (Å²) in [6.45, 7) is 10.3. The summed E-state index contributed by atoms with van der Waals surface area (Å²) in [5, 5.41) is 10.8. The van der Waals surface area contributed by atoms with Crippen LogP contribution in [0.25, 0.3) is 6.08 Å². The number of fused-ring (bicyclic) bond motifs is 1. The highest BCUT2D eigenvalue weighted by Crippen LogP contribution is 2.66. The number of carboxylic acids is 1. The van der Waals surface area contributed by atoms with E-state index in [0.29, 0.717) is 19.3 Å². The lowest BCUT2D eigenvalue weighted by molar-refractivity contribution is -0.165. The highest BCUT2D eigenvalue weighted by atomic mass is 16.4. The van der Waals surface area contributed by atoms with E-state index in [1.807, 2.05) is 51.1 Å². The number of carbonyl (C=O) groups excluding carboxylic acids is 1. The zero-order chi connectivity index (χ0) is 22.1. The molecule has 3 heteroatoms. The number of aliphatic carboxylic acids is 1. The zero-order valence-corrected chi connectivity index (χ0v) is 19.0. The van der Waals surface area contributed by atoms with E-state index >= 15 is 0 Å². The molecule has 3 rings (SSSR count). The number of carbonyl (C=O) groups is 2. The molecule has 3 nitrogen and oxygen atoms in total. The predicted molar refractivity (Wildman–Crippen MR) is 122 cm³/mol. The monoisotopic (exact) mass is 408 g/mol. The van der Waals surface area contributed by atoms with Gasteiger partial charge in [0.05, 0.1) is 5.41 Å². The van der Waals surface area contributed by atoms with Gasteiger partial charge in [-0.1, -0.05) is 88.8 Å². The van der Waals surface area contributed by atoms with Gasteiger partial charge in [0.2, 0.25) is 0 Å². The highest BCUT2D eigenvalue weighted by molar-refractivity contribution is 5.90. The molecule has 0 heterocycles. The number of rotatable bonds is 7. The summed E-state index contributed by atoms with van der Waals surface area (Å²) in [6.07, 6.45) is 9.22. The summed E-state index contributed by atoms with van der Waals surface area (Å²) >= 11 is 0. The first-order valence-corrected chi connectivity index (χ1v) is 11.6. The molecule has 1 N–H and O–H groups in total. The van der Waals surface area contributed by atoms with Gasteiger partial charge in [0.1, 0.15) is 5.78 Å². The van der Waals surface area contributed by atoms with E-state index in [0.717, 1.165) is 12.0 Å². The van der Waals surface area contributed by atoms with Gasteiger partial charge in [0.25, 0.3) is 0 Å². The van der Waals surface area contributed by atoms with E-state index in [1.54, 1.807) is 0 Å². The fraction of sp³-hybridized carbons (Fsp3) is 0.556. The molecule has 2 aliphatic rings. The Bertz CT molecular complexity index is 852. The first-order valence-electron chi connectivity index (χ1n) is 11.6. The van der Waals surface area contributed by atoms with Crippen LogP contribution in [0.15, 0.2) is 48.1 Å². The van der Waals surface area contributed by atoms with Crippen LogP contribution in [0.2, 0.25) is 0 Å². The number of hydrogen-bond acceptors (Lipinski definition) is 2. The van der Waals surface area contributed by atoms with E-state index < -0.39 is 16.8 Å². The van der Waals surface area contributed by atoms with Crippen molar-refractivity contribution >= 4 is 17.8 Å². The summed E-state index contributed by atoms with van der Waals surface area (Å²) in [6, 6.07) is 10.1. The SMILES string of the molecule is CCC1=CC(C=Cc2ccccc2)(CC)C(CC)(C(=O)O)C2C(CC)C(=O)C(C)C12. The Morgan fingerprint density at radius 1 is 1.10 bits per heavy atom. The summed E-state index contributed by atoms with van der Waals surface area (Å²) in [7, 11) is 0.